The molecular weight excluding hydrogens is 242 g/mol. The summed E-state index contributed by atoms with van der Waals surface area (Å²) in [6.45, 7) is 11.1. The third-order valence-corrected chi connectivity index (χ3v) is 4.12. The summed E-state index contributed by atoms with van der Waals surface area (Å²) in [5.41, 5.74) is 1.35. The quantitative estimate of drug-likeness (QED) is 0.801. The molecule has 0 aromatic rings. The molecule has 1 rings (SSSR count). The van der Waals surface area contributed by atoms with Gasteiger partial charge in [0.15, 0.2) is 0 Å². The van der Waals surface area contributed by atoms with Crippen LogP contribution >= 0.6 is 11.8 Å². The van der Waals surface area contributed by atoms with Gasteiger partial charge in [0, 0.05) is 31.1 Å². The van der Waals surface area contributed by atoms with Crippen molar-refractivity contribution < 1.29 is 0 Å². The van der Waals surface area contributed by atoms with Gasteiger partial charge in [0.25, 0.3) is 0 Å². The largest absolute Gasteiger partial charge is 0.383 e. The topological polar surface area (TPSA) is 36.4 Å². The van der Waals surface area contributed by atoms with Crippen LogP contribution in [0.25, 0.3) is 0 Å². The molecule has 1 aliphatic rings. The van der Waals surface area contributed by atoms with E-state index >= 15 is 0 Å². The molecule has 1 atom stereocenters. The molecular formula is C14H23N3S. The first-order valence-corrected chi connectivity index (χ1v) is 7.05. The van der Waals surface area contributed by atoms with Crippen LogP contribution in [0, 0.1) is 5.92 Å². The first kappa shape index (κ1) is 14.9. The van der Waals surface area contributed by atoms with Gasteiger partial charge in [-0.05, 0) is 19.8 Å². The molecule has 0 saturated carbocycles. The Balaban J connectivity index is 2.47. The van der Waals surface area contributed by atoms with Crippen molar-refractivity contribution in [2.24, 2.45) is 10.9 Å². The lowest BCUT2D eigenvalue weighted by atomic mass is 9.97. The molecule has 0 radical (unpaired) electrons. The maximum Gasteiger partial charge on any atom is 0.102 e. The van der Waals surface area contributed by atoms with Crippen LogP contribution in [0.4, 0.5) is 0 Å². The number of thioether (sulfide) groups is 1. The van der Waals surface area contributed by atoms with Crippen molar-refractivity contribution in [2.45, 2.75) is 27.2 Å². The molecule has 0 spiro atoms. The van der Waals surface area contributed by atoms with Crippen molar-refractivity contribution in [1.82, 2.24) is 10.6 Å². The molecule has 0 fully saturated rings. The third kappa shape index (κ3) is 4.61. The molecule has 1 unspecified atom stereocenters. The fourth-order valence-electron chi connectivity index (χ4n) is 1.52. The van der Waals surface area contributed by atoms with Crippen molar-refractivity contribution in [3.05, 3.63) is 34.4 Å². The third-order valence-electron chi connectivity index (χ3n) is 3.02. The van der Waals surface area contributed by atoms with Gasteiger partial charge in [-0.15, -0.1) is 0 Å². The summed E-state index contributed by atoms with van der Waals surface area (Å²) in [7, 11) is 1.89. The number of nitrogens with one attached hydrogen (secondary N) is 2. The average molecular weight is 265 g/mol. The van der Waals surface area contributed by atoms with Gasteiger partial charge in [0.2, 0.25) is 0 Å². The Kier molecular flexibility index (Phi) is 6.05. The van der Waals surface area contributed by atoms with E-state index in [1.54, 1.807) is 11.8 Å². The van der Waals surface area contributed by atoms with Crippen LogP contribution in [0.5, 0.6) is 0 Å². The van der Waals surface area contributed by atoms with Crippen molar-refractivity contribution in [3.63, 3.8) is 0 Å². The van der Waals surface area contributed by atoms with Gasteiger partial charge >= 0.3 is 0 Å². The number of aliphatic imine (C=N–C) groups is 1. The highest BCUT2D eigenvalue weighted by Crippen LogP contribution is 2.22. The Hall–Kier alpha value is -1.16. The van der Waals surface area contributed by atoms with E-state index < -0.39 is 0 Å². The van der Waals surface area contributed by atoms with Gasteiger partial charge in [-0.1, -0.05) is 36.9 Å². The van der Waals surface area contributed by atoms with Gasteiger partial charge in [-0.2, -0.15) is 0 Å². The number of hydrogen-bond acceptors (Lipinski definition) is 4. The van der Waals surface area contributed by atoms with Crippen molar-refractivity contribution in [3.8, 4) is 0 Å². The molecule has 100 valence electrons. The number of rotatable bonds is 5. The van der Waals surface area contributed by atoms with E-state index in [4.69, 9.17) is 0 Å². The second kappa shape index (κ2) is 7.31. The molecule has 2 N–H and O–H groups in total. The summed E-state index contributed by atoms with van der Waals surface area (Å²) in [5, 5.41) is 7.40. The van der Waals surface area contributed by atoms with Crippen LogP contribution in [0.15, 0.2) is 39.4 Å². The zero-order chi connectivity index (χ0) is 13.5. The second-order valence-electron chi connectivity index (χ2n) is 4.44. The highest BCUT2D eigenvalue weighted by molar-refractivity contribution is 8.06. The van der Waals surface area contributed by atoms with E-state index in [1.165, 1.54) is 10.5 Å². The average Bonchev–Trinajstić information content (AvgIpc) is 2.38. The Bertz CT molecular complexity index is 394. The highest BCUT2D eigenvalue weighted by Gasteiger charge is 2.13. The molecule has 0 aromatic carbocycles. The Morgan fingerprint density at radius 1 is 1.67 bits per heavy atom. The smallest absolute Gasteiger partial charge is 0.102 e. The molecule has 1 heterocycles. The minimum Gasteiger partial charge on any atom is -0.383 e. The lowest BCUT2D eigenvalue weighted by molar-refractivity contribution is 0.685. The zero-order valence-electron chi connectivity index (χ0n) is 11.7. The van der Waals surface area contributed by atoms with E-state index in [-0.39, 0.29) is 0 Å². The highest BCUT2D eigenvalue weighted by atomic mass is 32.2. The van der Waals surface area contributed by atoms with Gasteiger partial charge in [0.05, 0.1) is 5.03 Å². The van der Waals surface area contributed by atoms with Gasteiger partial charge in [0.1, 0.15) is 5.84 Å². The standard InChI is InChI=1S/C14H23N3S/c1-6-13(18-12(4)15-5)9-17-14-7-10(2)11(3)8-16-14/h6,8,10,15H,4,7,9H2,1-3,5H3,(H,16,17)/b13-6-. The fraction of sp³-hybridized carbons (Fsp3) is 0.500. The molecule has 4 heteroatoms. The SMILES string of the molecule is C=C(NC)S/C(=C\C)CNC1=NC=C(C)C(C)C1. The van der Waals surface area contributed by atoms with Crippen molar-refractivity contribution in [2.75, 3.05) is 13.6 Å². The monoisotopic (exact) mass is 265 g/mol. The van der Waals surface area contributed by atoms with E-state index in [2.05, 4.69) is 42.1 Å². The van der Waals surface area contributed by atoms with Crippen LogP contribution in [0.3, 0.4) is 0 Å². The Labute approximate surface area is 115 Å². The number of hydrogen-bond donors (Lipinski definition) is 2. The molecule has 0 amide bonds. The summed E-state index contributed by atoms with van der Waals surface area (Å²) in [6, 6.07) is 0. The molecule has 0 aliphatic carbocycles. The zero-order valence-corrected chi connectivity index (χ0v) is 12.5. The first-order chi connectivity index (χ1) is 8.56. The normalized spacial score (nSPS) is 20.0. The predicted molar refractivity (Wildman–Crippen MR) is 82.5 cm³/mol. The Morgan fingerprint density at radius 2 is 2.39 bits per heavy atom. The number of amidine groups is 1. The summed E-state index contributed by atoms with van der Waals surface area (Å²) < 4.78 is 0. The van der Waals surface area contributed by atoms with Gasteiger partial charge in [-0.25, -0.2) is 4.99 Å². The van der Waals surface area contributed by atoms with E-state index in [1.807, 2.05) is 20.2 Å². The van der Waals surface area contributed by atoms with E-state index in [9.17, 15) is 0 Å². The minimum absolute atomic E-state index is 0.582. The fourth-order valence-corrected chi connectivity index (χ4v) is 2.20. The van der Waals surface area contributed by atoms with Gasteiger partial charge < -0.3 is 10.6 Å². The molecule has 0 aromatic heterocycles. The minimum atomic E-state index is 0.582. The van der Waals surface area contributed by atoms with Crippen LogP contribution in [-0.2, 0) is 0 Å². The number of allylic oxidation sites excluding steroid dienone is 2. The van der Waals surface area contributed by atoms with Crippen LogP contribution in [0.1, 0.15) is 27.2 Å². The first-order valence-electron chi connectivity index (χ1n) is 6.23. The molecule has 18 heavy (non-hydrogen) atoms. The molecule has 3 nitrogen and oxygen atoms in total. The summed E-state index contributed by atoms with van der Waals surface area (Å²) in [4.78, 5) is 5.68. The maximum atomic E-state index is 4.44. The summed E-state index contributed by atoms with van der Waals surface area (Å²) in [6.07, 6.45) is 5.07. The van der Waals surface area contributed by atoms with Crippen LogP contribution < -0.4 is 10.6 Å². The maximum absolute atomic E-state index is 4.44. The van der Waals surface area contributed by atoms with Crippen molar-refractivity contribution in [1.29, 1.82) is 0 Å². The summed E-state index contributed by atoms with van der Waals surface area (Å²) in [5.74, 6) is 1.65. The van der Waals surface area contributed by atoms with Gasteiger partial charge in [-0.3, -0.25) is 0 Å². The predicted octanol–water partition coefficient (Wildman–Crippen LogP) is 3.25. The Morgan fingerprint density at radius 3 is 2.94 bits per heavy atom. The second-order valence-corrected chi connectivity index (χ2v) is 5.66. The molecule has 0 saturated heterocycles. The van der Waals surface area contributed by atoms with Crippen LogP contribution in [-0.4, -0.2) is 19.4 Å². The summed E-state index contributed by atoms with van der Waals surface area (Å²) >= 11 is 1.66. The lowest BCUT2D eigenvalue weighted by Gasteiger charge is -2.19. The lowest BCUT2D eigenvalue weighted by Crippen LogP contribution is -2.28. The van der Waals surface area contributed by atoms with Crippen LogP contribution in [0.2, 0.25) is 0 Å². The molecule has 0 bridgehead atoms. The van der Waals surface area contributed by atoms with E-state index in [0.717, 1.165) is 23.8 Å². The van der Waals surface area contributed by atoms with E-state index in [0.29, 0.717) is 5.92 Å². The number of nitrogens with zero attached hydrogens (tertiary/aromatic N) is 1. The van der Waals surface area contributed by atoms with Crippen molar-refractivity contribution >= 4 is 17.6 Å². The molecule has 1 aliphatic heterocycles.